The first-order chi connectivity index (χ1) is 7.22. The van der Waals surface area contributed by atoms with Gasteiger partial charge in [0.2, 0.25) is 0 Å². The number of aliphatic carboxylic acids is 1. The summed E-state index contributed by atoms with van der Waals surface area (Å²) in [5, 5.41) is 11.7. The number of nitrogens with zero attached hydrogens (tertiary/aromatic N) is 1. The fraction of sp³-hybridized carbons (Fsp3) is 0.600. The number of aryl methyl sites for hydroxylation is 1. The van der Waals surface area contributed by atoms with E-state index < -0.39 is 5.97 Å². The molecule has 1 aromatic rings. The molecule has 0 aliphatic rings. The molecule has 1 rings (SSSR count). The molecule has 1 aromatic heterocycles. The Morgan fingerprint density at radius 1 is 1.67 bits per heavy atom. The Bertz CT molecular complexity index is 312. The number of aromatic nitrogens is 1. The van der Waals surface area contributed by atoms with Gasteiger partial charge in [-0.25, -0.2) is 4.98 Å². The normalized spacial score (nSPS) is 10.5. The number of thioether (sulfide) groups is 1. The Kier molecular flexibility index (Phi) is 5.71. The van der Waals surface area contributed by atoms with E-state index in [0.29, 0.717) is 5.75 Å². The molecule has 0 amide bonds. The van der Waals surface area contributed by atoms with E-state index in [9.17, 15) is 4.79 Å². The molecule has 0 atom stereocenters. The molecule has 0 aliphatic carbocycles. The minimum absolute atomic E-state index is 0.233. The zero-order valence-corrected chi connectivity index (χ0v) is 10.4. The van der Waals surface area contributed by atoms with E-state index in [2.05, 4.69) is 17.3 Å². The lowest BCUT2D eigenvalue weighted by Crippen LogP contribution is -1.96. The molecule has 1 heterocycles. The van der Waals surface area contributed by atoms with E-state index in [0.717, 1.165) is 24.3 Å². The van der Waals surface area contributed by atoms with Crippen LogP contribution >= 0.6 is 23.1 Å². The minimum atomic E-state index is -0.729. The summed E-state index contributed by atoms with van der Waals surface area (Å²) in [4.78, 5) is 14.7. The molecule has 0 saturated carbocycles. The maximum Gasteiger partial charge on any atom is 0.304 e. The molecule has 0 aromatic carbocycles. The van der Waals surface area contributed by atoms with Gasteiger partial charge in [0.05, 0.1) is 17.1 Å². The summed E-state index contributed by atoms with van der Waals surface area (Å²) in [5.41, 5.74) is 1.08. The van der Waals surface area contributed by atoms with Gasteiger partial charge in [-0.2, -0.15) is 11.8 Å². The Labute approximate surface area is 97.9 Å². The van der Waals surface area contributed by atoms with Gasteiger partial charge in [0, 0.05) is 16.9 Å². The Hall–Kier alpha value is -0.550. The van der Waals surface area contributed by atoms with E-state index in [-0.39, 0.29) is 6.42 Å². The SMILES string of the molecule is CCCc1nc(CSCCC(=O)O)cs1. The number of carbonyl (C=O) groups is 1. The Morgan fingerprint density at radius 2 is 2.47 bits per heavy atom. The molecule has 0 aliphatic heterocycles. The summed E-state index contributed by atoms with van der Waals surface area (Å²) in [6.07, 6.45) is 2.40. The molecule has 1 N–H and O–H groups in total. The van der Waals surface area contributed by atoms with Crippen LogP contribution in [0, 0.1) is 0 Å². The lowest BCUT2D eigenvalue weighted by atomic mass is 10.3. The average Bonchev–Trinajstić information content (AvgIpc) is 2.61. The summed E-state index contributed by atoms with van der Waals surface area (Å²) in [6, 6.07) is 0. The van der Waals surface area contributed by atoms with Crippen molar-refractivity contribution in [3.63, 3.8) is 0 Å². The van der Waals surface area contributed by atoms with Crippen LogP contribution in [0.2, 0.25) is 0 Å². The topological polar surface area (TPSA) is 50.2 Å². The standard InChI is InChI=1S/C10H15NO2S2/c1-2-3-9-11-8(7-15-9)6-14-5-4-10(12)13/h7H,2-6H2,1H3,(H,12,13). The lowest BCUT2D eigenvalue weighted by molar-refractivity contribution is -0.136. The molecule has 84 valence electrons. The summed E-state index contributed by atoms with van der Waals surface area (Å²) >= 11 is 3.33. The van der Waals surface area contributed by atoms with Gasteiger partial charge in [-0.1, -0.05) is 6.92 Å². The first-order valence-electron chi connectivity index (χ1n) is 4.95. The molecule has 15 heavy (non-hydrogen) atoms. The third-order valence-corrected chi connectivity index (χ3v) is 3.72. The molecule has 0 radical (unpaired) electrons. The van der Waals surface area contributed by atoms with Gasteiger partial charge in [-0.05, 0) is 12.8 Å². The Morgan fingerprint density at radius 3 is 3.13 bits per heavy atom. The summed E-state index contributed by atoms with van der Waals surface area (Å²) in [6.45, 7) is 2.14. The van der Waals surface area contributed by atoms with Crippen LogP contribution in [0.3, 0.4) is 0 Å². The van der Waals surface area contributed by atoms with Gasteiger partial charge >= 0.3 is 5.97 Å². The number of hydrogen-bond donors (Lipinski definition) is 1. The maximum absolute atomic E-state index is 10.3. The lowest BCUT2D eigenvalue weighted by Gasteiger charge is -1.95. The van der Waals surface area contributed by atoms with E-state index in [4.69, 9.17) is 5.11 Å². The number of thiazole rings is 1. The quantitative estimate of drug-likeness (QED) is 0.750. The second-order valence-electron chi connectivity index (χ2n) is 3.18. The van der Waals surface area contributed by atoms with Crippen LogP contribution in [0.25, 0.3) is 0 Å². The number of carboxylic acids is 1. The molecular weight excluding hydrogens is 230 g/mol. The van der Waals surface area contributed by atoms with E-state index in [1.807, 2.05) is 0 Å². The Balaban J connectivity index is 2.22. The van der Waals surface area contributed by atoms with Crippen molar-refractivity contribution in [2.24, 2.45) is 0 Å². The van der Waals surface area contributed by atoms with Crippen LogP contribution in [0.4, 0.5) is 0 Å². The molecule has 3 nitrogen and oxygen atoms in total. The number of rotatable bonds is 7. The second-order valence-corrected chi connectivity index (χ2v) is 5.23. The summed E-state index contributed by atoms with van der Waals surface area (Å²) in [5.74, 6) is 0.760. The molecular formula is C10H15NO2S2. The zero-order valence-electron chi connectivity index (χ0n) is 8.73. The van der Waals surface area contributed by atoms with E-state index in [1.165, 1.54) is 5.01 Å². The smallest absolute Gasteiger partial charge is 0.304 e. The van der Waals surface area contributed by atoms with Gasteiger partial charge in [0.1, 0.15) is 0 Å². The highest BCUT2D eigenvalue weighted by Crippen LogP contribution is 2.17. The summed E-state index contributed by atoms with van der Waals surface area (Å²) < 4.78 is 0. The van der Waals surface area contributed by atoms with Crippen LogP contribution in [-0.4, -0.2) is 21.8 Å². The van der Waals surface area contributed by atoms with Crippen LogP contribution in [0.5, 0.6) is 0 Å². The first-order valence-corrected chi connectivity index (χ1v) is 6.98. The third-order valence-electron chi connectivity index (χ3n) is 1.77. The number of carboxylic acid groups (broad SMARTS) is 1. The van der Waals surface area contributed by atoms with Gasteiger partial charge < -0.3 is 5.11 Å². The third kappa shape index (κ3) is 5.18. The van der Waals surface area contributed by atoms with Gasteiger partial charge in [0.25, 0.3) is 0 Å². The van der Waals surface area contributed by atoms with Crippen molar-refractivity contribution in [3.05, 3.63) is 16.1 Å². The molecule has 0 saturated heterocycles. The highest BCUT2D eigenvalue weighted by molar-refractivity contribution is 7.98. The highest BCUT2D eigenvalue weighted by Gasteiger charge is 2.02. The largest absolute Gasteiger partial charge is 0.481 e. The van der Waals surface area contributed by atoms with Crippen LogP contribution in [-0.2, 0) is 17.0 Å². The summed E-state index contributed by atoms with van der Waals surface area (Å²) in [7, 11) is 0. The predicted molar refractivity (Wildman–Crippen MR) is 64.5 cm³/mol. The maximum atomic E-state index is 10.3. The van der Waals surface area contributed by atoms with Crippen molar-refractivity contribution in [1.82, 2.24) is 4.98 Å². The monoisotopic (exact) mass is 245 g/mol. The van der Waals surface area contributed by atoms with Gasteiger partial charge in [-0.3, -0.25) is 4.79 Å². The van der Waals surface area contributed by atoms with Crippen LogP contribution in [0.15, 0.2) is 5.38 Å². The van der Waals surface area contributed by atoms with Crippen molar-refractivity contribution in [2.75, 3.05) is 5.75 Å². The van der Waals surface area contributed by atoms with Crippen LogP contribution in [0.1, 0.15) is 30.5 Å². The van der Waals surface area contributed by atoms with Gasteiger partial charge in [0.15, 0.2) is 0 Å². The second kappa shape index (κ2) is 6.85. The molecule has 0 spiro atoms. The fourth-order valence-corrected chi connectivity index (χ4v) is 2.91. The van der Waals surface area contributed by atoms with Crippen molar-refractivity contribution in [1.29, 1.82) is 0 Å². The van der Waals surface area contributed by atoms with Gasteiger partial charge in [-0.15, -0.1) is 11.3 Å². The zero-order chi connectivity index (χ0) is 11.1. The predicted octanol–water partition coefficient (Wildman–Crippen LogP) is 2.80. The number of hydrogen-bond acceptors (Lipinski definition) is 4. The van der Waals surface area contributed by atoms with Crippen molar-refractivity contribution in [2.45, 2.75) is 31.9 Å². The van der Waals surface area contributed by atoms with Crippen molar-refractivity contribution >= 4 is 29.1 Å². The van der Waals surface area contributed by atoms with E-state index >= 15 is 0 Å². The minimum Gasteiger partial charge on any atom is -0.481 e. The molecule has 0 unspecified atom stereocenters. The van der Waals surface area contributed by atoms with Crippen molar-refractivity contribution in [3.8, 4) is 0 Å². The molecule has 0 fully saturated rings. The first kappa shape index (κ1) is 12.5. The average molecular weight is 245 g/mol. The fourth-order valence-electron chi connectivity index (χ4n) is 1.08. The highest BCUT2D eigenvalue weighted by atomic mass is 32.2. The molecule has 0 bridgehead atoms. The van der Waals surface area contributed by atoms with Crippen molar-refractivity contribution < 1.29 is 9.90 Å². The van der Waals surface area contributed by atoms with Crippen LogP contribution < -0.4 is 0 Å². The molecule has 5 heteroatoms. The van der Waals surface area contributed by atoms with E-state index in [1.54, 1.807) is 23.1 Å².